The Bertz CT molecular complexity index is 600. The number of thiazole rings is 1. The molecule has 0 saturated carbocycles. The molecule has 1 heterocycles. The lowest BCUT2D eigenvalue weighted by Crippen LogP contribution is -2.23. The molecule has 1 aromatic heterocycles. The third-order valence-electron chi connectivity index (χ3n) is 2.70. The van der Waals surface area contributed by atoms with Crippen LogP contribution in [0, 0.1) is 6.92 Å². The fourth-order valence-electron chi connectivity index (χ4n) is 1.79. The van der Waals surface area contributed by atoms with E-state index in [2.05, 4.69) is 26.2 Å². The van der Waals surface area contributed by atoms with Crippen LogP contribution in [0.4, 0.5) is 5.69 Å². The summed E-state index contributed by atoms with van der Waals surface area (Å²) in [5.41, 5.74) is 3.43. The van der Waals surface area contributed by atoms with Crippen LogP contribution in [0.25, 0.3) is 0 Å². The Morgan fingerprint density at radius 2 is 2.35 bits per heavy atom. The second kappa shape index (κ2) is 6.85. The SMILES string of the molecule is CCOC(=O)C(Nc1cccc(Br)c1)c1scnc1C. The van der Waals surface area contributed by atoms with E-state index in [4.69, 9.17) is 4.74 Å². The summed E-state index contributed by atoms with van der Waals surface area (Å²) in [4.78, 5) is 17.2. The van der Waals surface area contributed by atoms with Crippen LogP contribution in [-0.2, 0) is 9.53 Å². The number of rotatable bonds is 5. The van der Waals surface area contributed by atoms with Crippen LogP contribution in [0.2, 0.25) is 0 Å². The van der Waals surface area contributed by atoms with E-state index in [1.165, 1.54) is 11.3 Å². The number of anilines is 1. The van der Waals surface area contributed by atoms with Crippen molar-refractivity contribution in [2.45, 2.75) is 19.9 Å². The molecule has 4 nitrogen and oxygen atoms in total. The molecule has 1 unspecified atom stereocenters. The summed E-state index contributed by atoms with van der Waals surface area (Å²) in [5.74, 6) is -0.292. The summed E-state index contributed by atoms with van der Waals surface area (Å²) >= 11 is 4.87. The van der Waals surface area contributed by atoms with Crippen molar-refractivity contribution in [3.8, 4) is 0 Å². The summed E-state index contributed by atoms with van der Waals surface area (Å²) in [7, 11) is 0. The Kier molecular flexibility index (Phi) is 5.14. The predicted molar refractivity (Wildman–Crippen MR) is 84.0 cm³/mol. The van der Waals surface area contributed by atoms with Gasteiger partial charge in [0.25, 0.3) is 0 Å². The fourth-order valence-corrected chi connectivity index (χ4v) is 3.03. The molecule has 6 heteroatoms. The van der Waals surface area contributed by atoms with Gasteiger partial charge in [-0.2, -0.15) is 0 Å². The maximum absolute atomic E-state index is 12.2. The van der Waals surface area contributed by atoms with Gasteiger partial charge in [-0.1, -0.05) is 22.0 Å². The Morgan fingerprint density at radius 3 is 2.95 bits per heavy atom. The minimum atomic E-state index is -0.531. The summed E-state index contributed by atoms with van der Waals surface area (Å²) < 4.78 is 6.10. The summed E-state index contributed by atoms with van der Waals surface area (Å²) in [5, 5.41) is 3.21. The van der Waals surface area contributed by atoms with Gasteiger partial charge in [0.2, 0.25) is 0 Å². The number of halogens is 1. The third-order valence-corrected chi connectivity index (χ3v) is 4.19. The number of ether oxygens (including phenoxy) is 1. The molecule has 20 heavy (non-hydrogen) atoms. The molecule has 0 amide bonds. The molecule has 0 aliphatic rings. The first-order chi connectivity index (χ1) is 9.61. The average Bonchev–Trinajstić information content (AvgIpc) is 2.82. The molecule has 0 spiro atoms. The van der Waals surface area contributed by atoms with Gasteiger partial charge < -0.3 is 10.1 Å². The van der Waals surface area contributed by atoms with Gasteiger partial charge in [0.05, 0.1) is 22.7 Å². The van der Waals surface area contributed by atoms with E-state index >= 15 is 0 Å². The number of hydrogen-bond acceptors (Lipinski definition) is 5. The second-order valence-corrected chi connectivity index (χ2v) is 5.94. The second-order valence-electron chi connectivity index (χ2n) is 4.14. The van der Waals surface area contributed by atoms with E-state index in [0.717, 1.165) is 20.7 Å². The van der Waals surface area contributed by atoms with Crippen LogP contribution in [0.1, 0.15) is 23.5 Å². The van der Waals surface area contributed by atoms with E-state index in [1.54, 1.807) is 12.4 Å². The van der Waals surface area contributed by atoms with E-state index in [1.807, 2.05) is 31.2 Å². The van der Waals surface area contributed by atoms with Crippen molar-refractivity contribution in [3.63, 3.8) is 0 Å². The molecular formula is C14H15BrN2O2S. The van der Waals surface area contributed by atoms with Crippen LogP contribution < -0.4 is 5.32 Å². The smallest absolute Gasteiger partial charge is 0.334 e. The lowest BCUT2D eigenvalue weighted by Gasteiger charge is -2.18. The van der Waals surface area contributed by atoms with E-state index in [9.17, 15) is 4.79 Å². The lowest BCUT2D eigenvalue weighted by molar-refractivity contribution is -0.144. The summed E-state index contributed by atoms with van der Waals surface area (Å²) in [6.07, 6.45) is 0. The molecule has 106 valence electrons. The molecule has 0 bridgehead atoms. The number of nitrogens with zero attached hydrogens (tertiary/aromatic N) is 1. The van der Waals surface area contributed by atoms with Gasteiger partial charge in [-0.3, -0.25) is 0 Å². The van der Waals surface area contributed by atoms with Crippen LogP contribution >= 0.6 is 27.3 Å². The molecule has 2 aromatic rings. The number of nitrogens with one attached hydrogen (secondary N) is 1. The average molecular weight is 355 g/mol. The fraction of sp³-hybridized carbons (Fsp3) is 0.286. The highest BCUT2D eigenvalue weighted by Crippen LogP contribution is 2.28. The van der Waals surface area contributed by atoms with Crippen LogP contribution in [0.5, 0.6) is 0 Å². The third kappa shape index (κ3) is 3.58. The Labute approximate surface area is 130 Å². The molecule has 1 atom stereocenters. The first-order valence-corrected chi connectivity index (χ1v) is 7.87. The maximum atomic E-state index is 12.2. The van der Waals surface area contributed by atoms with Crippen LogP contribution in [-0.4, -0.2) is 17.6 Å². The van der Waals surface area contributed by atoms with E-state index in [-0.39, 0.29) is 5.97 Å². The molecule has 0 fully saturated rings. The Balaban J connectivity index is 2.28. The van der Waals surface area contributed by atoms with Crippen LogP contribution in [0.15, 0.2) is 34.2 Å². The minimum Gasteiger partial charge on any atom is -0.464 e. The normalized spacial score (nSPS) is 11.9. The number of aromatic nitrogens is 1. The lowest BCUT2D eigenvalue weighted by atomic mass is 10.2. The monoisotopic (exact) mass is 354 g/mol. The van der Waals surface area contributed by atoms with Crippen molar-refractivity contribution in [2.75, 3.05) is 11.9 Å². The van der Waals surface area contributed by atoms with Gasteiger partial charge >= 0.3 is 5.97 Å². The molecule has 1 N–H and O–H groups in total. The highest BCUT2D eigenvalue weighted by atomic mass is 79.9. The van der Waals surface area contributed by atoms with Crippen LogP contribution in [0.3, 0.4) is 0 Å². The summed E-state index contributed by atoms with van der Waals surface area (Å²) in [6.45, 7) is 4.04. The van der Waals surface area contributed by atoms with Gasteiger partial charge in [0.15, 0.2) is 6.04 Å². The van der Waals surface area contributed by atoms with Gasteiger partial charge in [-0.05, 0) is 32.0 Å². The van der Waals surface area contributed by atoms with E-state index < -0.39 is 6.04 Å². The minimum absolute atomic E-state index is 0.292. The van der Waals surface area contributed by atoms with Crippen molar-refractivity contribution in [1.82, 2.24) is 4.98 Å². The molecular weight excluding hydrogens is 340 g/mol. The van der Waals surface area contributed by atoms with Gasteiger partial charge in [-0.15, -0.1) is 11.3 Å². The van der Waals surface area contributed by atoms with E-state index in [0.29, 0.717) is 6.61 Å². The number of benzene rings is 1. The molecule has 0 saturated heterocycles. The van der Waals surface area contributed by atoms with Gasteiger partial charge in [0, 0.05) is 10.2 Å². The van der Waals surface area contributed by atoms with Crippen molar-refractivity contribution in [3.05, 3.63) is 44.8 Å². The van der Waals surface area contributed by atoms with Crippen molar-refractivity contribution < 1.29 is 9.53 Å². The zero-order valence-electron chi connectivity index (χ0n) is 11.2. The number of carbonyl (C=O) groups excluding carboxylic acids is 1. The predicted octanol–water partition coefficient (Wildman–Crippen LogP) is 3.93. The standard InChI is InChI=1S/C14H15BrN2O2S/c1-3-19-14(18)12(13-9(2)16-8-20-13)17-11-6-4-5-10(15)7-11/h4-8,12,17H,3H2,1-2H3. The number of esters is 1. The molecule has 0 aliphatic carbocycles. The molecule has 2 rings (SSSR count). The number of hydrogen-bond donors (Lipinski definition) is 1. The quantitative estimate of drug-likeness (QED) is 0.826. The molecule has 0 radical (unpaired) electrons. The first kappa shape index (κ1) is 15.0. The Hall–Kier alpha value is -1.40. The van der Waals surface area contributed by atoms with Crippen molar-refractivity contribution in [2.24, 2.45) is 0 Å². The molecule has 1 aromatic carbocycles. The molecule has 0 aliphatic heterocycles. The highest BCUT2D eigenvalue weighted by Gasteiger charge is 2.25. The topological polar surface area (TPSA) is 51.2 Å². The Morgan fingerprint density at radius 1 is 1.55 bits per heavy atom. The first-order valence-electron chi connectivity index (χ1n) is 6.20. The largest absolute Gasteiger partial charge is 0.464 e. The maximum Gasteiger partial charge on any atom is 0.334 e. The summed E-state index contributed by atoms with van der Waals surface area (Å²) in [6, 6.07) is 7.14. The van der Waals surface area contributed by atoms with Gasteiger partial charge in [0.1, 0.15) is 0 Å². The number of aryl methyl sites for hydroxylation is 1. The highest BCUT2D eigenvalue weighted by molar-refractivity contribution is 9.10. The zero-order valence-corrected chi connectivity index (χ0v) is 13.6. The van der Waals surface area contributed by atoms with Crippen molar-refractivity contribution in [1.29, 1.82) is 0 Å². The zero-order chi connectivity index (χ0) is 14.5. The number of carbonyl (C=O) groups is 1. The van der Waals surface area contributed by atoms with Gasteiger partial charge in [-0.25, -0.2) is 9.78 Å². The van der Waals surface area contributed by atoms with Crippen molar-refractivity contribution >= 4 is 38.9 Å².